The van der Waals surface area contributed by atoms with Crippen molar-refractivity contribution < 1.29 is 22.8 Å². The molecule has 0 aliphatic heterocycles. The lowest BCUT2D eigenvalue weighted by molar-refractivity contribution is -0.384. The minimum Gasteiger partial charge on any atom is -0.457 e. The molecule has 0 saturated heterocycles. The maximum Gasteiger partial charge on any atom is 0.416 e. The van der Waals surface area contributed by atoms with Crippen molar-refractivity contribution in [2.45, 2.75) is 12.7 Å². The largest absolute Gasteiger partial charge is 0.457 e. The minimum atomic E-state index is -4.41. The van der Waals surface area contributed by atoms with Crippen molar-refractivity contribution in [1.29, 1.82) is 0 Å². The van der Waals surface area contributed by atoms with Gasteiger partial charge in [0.25, 0.3) is 5.69 Å². The summed E-state index contributed by atoms with van der Waals surface area (Å²) < 4.78 is 43.3. The fourth-order valence-electron chi connectivity index (χ4n) is 2.08. The minimum absolute atomic E-state index is 0.0772. The van der Waals surface area contributed by atoms with Crippen LogP contribution < -0.4 is 4.74 Å². The first-order valence-electron chi connectivity index (χ1n) is 6.94. The highest BCUT2D eigenvalue weighted by Crippen LogP contribution is 2.33. The zero-order valence-corrected chi connectivity index (χ0v) is 13.0. The van der Waals surface area contributed by atoms with Gasteiger partial charge in [-0.1, -0.05) is 0 Å². The maximum atomic E-state index is 12.6. The van der Waals surface area contributed by atoms with Gasteiger partial charge in [0, 0.05) is 24.2 Å². The molecule has 0 N–H and O–H groups in total. The summed E-state index contributed by atoms with van der Waals surface area (Å²) in [6, 6.07) is 8.39. The van der Waals surface area contributed by atoms with Crippen molar-refractivity contribution in [1.82, 2.24) is 4.90 Å². The van der Waals surface area contributed by atoms with E-state index in [4.69, 9.17) is 4.74 Å². The number of hydrogen-bond acceptors (Lipinski definition) is 4. The molecule has 128 valence electrons. The number of nitrogens with zero attached hydrogens (tertiary/aromatic N) is 2. The van der Waals surface area contributed by atoms with Crippen LogP contribution in [0.25, 0.3) is 0 Å². The lowest BCUT2D eigenvalue weighted by Crippen LogP contribution is -2.11. The van der Waals surface area contributed by atoms with Gasteiger partial charge >= 0.3 is 6.18 Å². The molecule has 0 fully saturated rings. The maximum absolute atomic E-state index is 12.6. The van der Waals surface area contributed by atoms with E-state index in [1.54, 1.807) is 19.0 Å². The summed E-state index contributed by atoms with van der Waals surface area (Å²) in [6.45, 7) is 0.387. The molecule has 0 amide bonds. The first-order chi connectivity index (χ1) is 11.2. The second-order valence-electron chi connectivity index (χ2n) is 5.41. The van der Waals surface area contributed by atoms with Gasteiger partial charge in [-0.3, -0.25) is 10.1 Å². The zero-order valence-electron chi connectivity index (χ0n) is 13.0. The Morgan fingerprint density at radius 2 is 1.75 bits per heavy atom. The number of rotatable bonds is 5. The molecule has 8 heteroatoms. The lowest BCUT2D eigenvalue weighted by atomic mass is 10.1. The molecule has 0 saturated carbocycles. The second-order valence-corrected chi connectivity index (χ2v) is 5.41. The molecule has 2 aromatic rings. The average Bonchev–Trinajstić information content (AvgIpc) is 2.48. The van der Waals surface area contributed by atoms with Crippen LogP contribution >= 0.6 is 0 Å². The lowest BCUT2D eigenvalue weighted by Gasteiger charge is -2.15. The van der Waals surface area contributed by atoms with E-state index in [0.717, 1.165) is 12.1 Å². The van der Waals surface area contributed by atoms with Crippen LogP contribution in [0.3, 0.4) is 0 Å². The van der Waals surface area contributed by atoms with E-state index >= 15 is 0 Å². The molecule has 0 bridgehead atoms. The third-order valence-electron chi connectivity index (χ3n) is 3.15. The average molecular weight is 340 g/mol. The van der Waals surface area contributed by atoms with Gasteiger partial charge in [-0.2, -0.15) is 13.2 Å². The Hall–Kier alpha value is -2.61. The van der Waals surface area contributed by atoms with Crippen molar-refractivity contribution >= 4 is 5.69 Å². The van der Waals surface area contributed by atoms with Crippen molar-refractivity contribution in [3.8, 4) is 11.5 Å². The molecule has 0 atom stereocenters. The monoisotopic (exact) mass is 340 g/mol. The Morgan fingerprint density at radius 3 is 2.25 bits per heavy atom. The van der Waals surface area contributed by atoms with E-state index in [-0.39, 0.29) is 11.4 Å². The summed E-state index contributed by atoms with van der Waals surface area (Å²) in [6.07, 6.45) is -4.41. The van der Waals surface area contributed by atoms with Gasteiger partial charge in [-0.15, -0.1) is 0 Å². The molecule has 0 heterocycles. The van der Waals surface area contributed by atoms with Crippen LogP contribution in [0.5, 0.6) is 11.5 Å². The van der Waals surface area contributed by atoms with Crippen molar-refractivity contribution in [3.63, 3.8) is 0 Å². The summed E-state index contributed by atoms with van der Waals surface area (Å²) >= 11 is 0. The Morgan fingerprint density at radius 1 is 1.12 bits per heavy atom. The zero-order chi connectivity index (χ0) is 17.9. The first kappa shape index (κ1) is 17.7. The quantitative estimate of drug-likeness (QED) is 0.595. The third-order valence-corrected chi connectivity index (χ3v) is 3.15. The first-order valence-corrected chi connectivity index (χ1v) is 6.94. The fourth-order valence-corrected chi connectivity index (χ4v) is 2.08. The molecule has 5 nitrogen and oxygen atoms in total. The molecular formula is C16H15F3N2O3. The van der Waals surface area contributed by atoms with E-state index < -0.39 is 16.7 Å². The third kappa shape index (κ3) is 4.45. The van der Waals surface area contributed by atoms with Crippen LogP contribution in [-0.4, -0.2) is 23.9 Å². The van der Waals surface area contributed by atoms with E-state index in [0.29, 0.717) is 17.9 Å². The van der Waals surface area contributed by atoms with Gasteiger partial charge in [-0.05, 0) is 44.4 Å². The highest BCUT2D eigenvalue weighted by Gasteiger charge is 2.30. The van der Waals surface area contributed by atoms with Gasteiger partial charge in [0.15, 0.2) is 0 Å². The number of non-ortho nitro benzene ring substituents is 1. The summed E-state index contributed by atoms with van der Waals surface area (Å²) in [4.78, 5) is 12.2. The SMILES string of the molecule is CN(C)Cc1cc([N+](=O)[O-])ccc1Oc1ccc(C(F)(F)F)cc1. The Kier molecular flexibility index (Phi) is 5.08. The molecule has 0 aromatic heterocycles. The Labute approximate surface area is 136 Å². The smallest absolute Gasteiger partial charge is 0.416 e. The molecule has 24 heavy (non-hydrogen) atoms. The summed E-state index contributed by atoms with van der Waals surface area (Å²) in [7, 11) is 3.58. The van der Waals surface area contributed by atoms with Crippen LogP contribution in [0.2, 0.25) is 0 Å². The van der Waals surface area contributed by atoms with E-state index in [1.165, 1.54) is 30.3 Å². The molecular weight excluding hydrogens is 325 g/mol. The molecule has 0 aliphatic carbocycles. The number of alkyl halides is 3. The van der Waals surface area contributed by atoms with Crippen LogP contribution in [0, 0.1) is 10.1 Å². The number of halogens is 3. The highest BCUT2D eigenvalue weighted by atomic mass is 19.4. The Balaban J connectivity index is 2.29. The number of ether oxygens (including phenoxy) is 1. The van der Waals surface area contributed by atoms with Gasteiger partial charge in [-0.25, -0.2) is 0 Å². The highest BCUT2D eigenvalue weighted by molar-refractivity contribution is 5.46. The van der Waals surface area contributed by atoms with Gasteiger partial charge in [0.05, 0.1) is 10.5 Å². The van der Waals surface area contributed by atoms with E-state index in [2.05, 4.69) is 0 Å². The van der Waals surface area contributed by atoms with E-state index in [1.807, 2.05) is 0 Å². The molecule has 2 rings (SSSR count). The van der Waals surface area contributed by atoms with Crippen LogP contribution in [0.4, 0.5) is 18.9 Å². The molecule has 2 aromatic carbocycles. The second kappa shape index (κ2) is 6.88. The number of benzene rings is 2. The molecule has 0 unspecified atom stereocenters. The predicted molar refractivity (Wildman–Crippen MR) is 82.0 cm³/mol. The number of nitro groups is 1. The summed E-state index contributed by atoms with van der Waals surface area (Å²) in [5.41, 5.74) is -0.284. The molecule has 0 radical (unpaired) electrons. The van der Waals surface area contributed by atoms with Gasteiger partial charge in [0.1, 0.15) is 11.5 Å². The summed E-state index contributed by atoms with van der Waals surface area (Å²) in [5.74, 6) is 0.575. The normalized spacial score (nSPS) is 11.6. The Bertz CT molecular complexity index is 728. The summed E-state index contributed by atoms with van der Waals surface area (Å²) in [5, 5.41) is 10.9. The number of hydrogen-bond donors (Lipinski definition) is 0. The van der Waals surface area contributed by atoms with Crippen molar-refractivity contribution in [2.24, 2.45) is 0 Å². The van der Waals surface area contributed by atoms with Gasteiger partial charge < -0.3 is 9.64 Å². The van der Waals surface area contributed by atoms with Crippen LogP contribution in [0.15, 0.2) is 42.5 Å². The standard InChI is InChI=1S/C16H15F3N2O3/c1-20(2)10-11-9-13(21(22)23)5-8-15(11)24-14-6-3-12(4-7-14)16(17,18)19/h3-9H,10H2,1-2H3. The van der Waals surface area contributed by atoms with Crippen LogP contribution in [-0.2, 0) is 12.7 Å². The predicted octanol–water partition coefficient (Wildman–Crippen LogP) is 4.47. The van der Waals surface area contributed by atoms with Crippen molar-refractivity contribution in [3.05, 3.63) is 63.7 Å². The fraction of sp³-hybridized carbons (Fsp3) is 0.250. The topological polar surface area (TPSA) is 55.6 Å². The van der Waals surface area contributed by atoms with Gasteiger partial charge in [0.2, 0.25) is 0 Å². The molecule has 0 aliphatic rings. The van der Waals surface area contributed by atoms with Crippen LogP contribution in [0.1, 0.15) is 11.1 Å². The molecule has 0 spiro atoms. The number of nitro benzene ring substituents is 1. The van der Waals surface area contributed by atoms with Crippen molar-refractivity contribution in [2.75, 3.05) is 14.1 Å². The van der Waals surface area contributed by atoms with E-state index in [9.17, 15) is 23.3 Å².